The minimum atomic E-state index is -0.366. The Morgan fingerprint density at radius 2 is 2.04 bits per heavy atom. The molecule has 0 fully saturated rings. The lowest BCUT2D eigenvalue weighted by Gasteiger charge is -2.09. The zero-order chi connectivity index (χ0) is 17.5. The van der Waals surface area contributed by atoms with E-state index in [0.717, 1.165) is 11.1 Å². The van der Waals surface area contributed by atoms with Crippen molar-refractivity contribution in [3.05, 3.63) is 58.1 Å². The summed E-state index contributed by atoms with van der Waals surface area (Å²) in [6.07, 6.45) is 1.53. The van der Waals surface area contributed by atoms with Crippen molar-refractivity contribution in [2.75, 3.05) is 13.7 Å². The maximum Gasteiger partial charge on any atom is 0.272 e. The number of benzene rings is 2. The summed E-state index contributed by atoms with van der Waals surface area (Å²) in [5.74, 6) is 0.899. The van der Waals surface area contributed by atoms with Crippen molar-refractivity contribution < 1.29 is 14.3 Å². The van der Waals surface area contributed by atoms with E-state index in [1.54, 1.807) is 31.4 Å². The van der Waals surface area contributed by atoms with Gasteiger partial charge in [-0.2, -0.15) is 5.10 Å². The fourth-order valence-corrected chi connectivity index (χ4v) is 2.39. The second kappa shape index (κ2) is 8.36. The first kappa shape index (κ1) is 17.8. The number of rotatable bonds is 6. The van der Waals surface area contributed by atoms with Gasteiger partial charge in [0.15, 0.2) is 11.5 Å². The lowest BCUT2D eigenvalue weighted by atomic mass is 10.1. The monoisotopic (exact) mass is 346 g/mol. The van der Waals surface area contributed by atoms with Gasteiger partial charge in [-0.1, -0.05) is 17.7 Å². The molecule has 0 aliphatic rings. The molecule has 0 spiro atoms. The summed E-state index contributed by atoms with van der Waals surface area (Å²) in [5.41, 5.74) is 4.60. The second-order valence-electron chi connectivity index (χ2n) is 5.03. The van der Waals surface area contributed by atoms with E-state index in [0.29, 0.717) is 28.7 Å². The third-order valence-corrected chi connectivity index (χ3v) is 3.55. The van der Waals surface area contributed by atoms with Gasteiger partial charge in [-0.3, -0.25) is 4.79 Å². The highest BCUT2D eigenvalue weighted by Gasteiger charge is 2.09. The van der Waals surface area contributed by atoms with E-state index in [9.17, 15) is 4.79 Å². The zero-order valence-corrected chi connectivity index (χ0v) is 14.6. The van der Waals surface area contributed by atoms with Gasteiger partial charge in [-0.25, -0.2) is 5.43 Å². The van der Waals surface area contributed by atoms with Crippen LogP contribution in [0.3, 0.4) is 0 Å². The predicted molar refractivity (Wildman–Crippen MR) is 95.4 cm³/mol. The SMILES string of the molecule is CCOc1cc(/C=N\NC(=O)c2ccc(C)cc2Cl)ccc1OC. The molecule has 0 heterocycles. The van der Waals surface area contributed by atoms with Crippen LogP contribution in [0.25, 0.3) is 0 Å². The third kappa shape index (κ3) is 4.49. The van der Waals surface area contributed by atoms with E-state index >= 15 is 0 Å². The Hall–Kier alpha value is -2.53. The number of amides is 1. The zero-order valence-electron chi connectivity index (χ0n) is 13.8. The molecule has 24 heavy (non-hydrogen) atoms. The molecular weight excluding hydrogens is 328 g/mol. The maximum atomic E-state index is 12.1. The van der Waals surface area contributed by atoms with E-state index in [2.05, 4.69) is 10.5 Å². The average Bonchev–Trinajstić information content (AvgIpc) is 2.55. The number of ether oxygens (including phenoxy) is 2. The Morgan fingerprint density at radius 1 is 1.25 bits per heavy atom. The third-order valence-electron chi connectivity index (χ3n) is 3.24. The molecule has 0 radical (unpaired) electrons. The van der Waals surface area contributed by atoms with Crippen molar-refractivity contribution in [1.29, 1.82) is 0 Å². The minimum Gasteiger partial charge on any atom is -0.493 e. The lowest BCUT2D eigenvalue weighted by molar-refractivity contribution is 0.0955. The summed E-state index contributed by atoms with van der Waals surface area (Å²) in [6, 6.07) is 10.6. The van der Waals surface area contributed by atoms with E-state index in [4.69, 9.17) is 21.1 Å². The molecule has 0 aromatic heterocycles. The van der Waals surface area contributed by atoms with Gasteiger partial charge in [-0.05, 0) is 55.3 Å². The van der Waals surface area contributed by atoms with Crippen LogP contribution in [0, 0.1) is 6.92 Å². The molecule has 2 aromatic rings. The molecule has 0 bridgehead atoms. The summed E-state index contributed by atoms with van der Waals surface area (Å²) >= 11 is 6.07. The first-order valence-corrected chi connectivity index (χ1v) is 7.83. The van der Waals surface area contributed by atoms with E-state index in [-0.39, 0.29) is 5.91 Å². The Balaban J connectivity index is 2.08. The summed E-state index contributed by atoms with van der Waals surface area (Å²) in [6.45, 7) is 4.33. The number of methoxy groups -OCH3 is 1. The predicted octanol–water partition coefficient (Wildman–Crippen LogP) is 3.82. The molecule has 0 unspecified atom stereocenters. The molecule has 0 saturated carbocycles. The molecule has 2 aromatic carbocycles. The van der Waals surface area contributed by atoms with E-state index < -0.39 is 0 Å². The lowest BCUT2D eigenvalue weighted by Crippen LogP contribution is -2.18. The van der Waals surface area contributed by atoms with Crippen molar-refractivity contribution in [3.63, 3.8) is 0 Å². The van der Waals surface area contributed by atoms with Gasteiger partial charge in [0.25, 0.3) is 5.91 Å². The Morgan fingerprint density at radius 3 is 2.71 bits per heavy atom. The summed E-state index contributed by atoms with van der Waals surface area (Å²) < 4.78 is 10.7. The maximum absolute atomic E-state index is 12.1. The average molecular weight is 347 g/mol. The number of aryl methyl sites for hydroxylation is 1. The quantitative estimate of drug-likeness (QED) is 0.639. The largest absolute Gasteiger partial charge is 0.493 e. The van der Waals surface area contributed by atoms with Crippen LogP contribution in [0.4, 0.5) is 0 Å². The number of hydrazone groups is 1. The van der Waals surface area contributed by atoms with Gasteiger partial charge in [0, 0.05) is 0 Å². The fraction of sp³-hybridized carbons (Fsp3) is 0.222. The first-order valence-electron chi connectivity index (χ1n) is 7.45. The van der Waals surface area contributed by atoms with Crippen LogP contribution < -0.4 is 14.9 Å². The van der Waals surface area contributed by atoms with Gasteiger partial charge < -0.3 is 9.47 Å². The van der Waals surface area contributed by atoms with Gasteiger partial charge in [-0.15, -0.1) is 0 Å². The van der Waals surface area contributed by atoms with Crippen LogP contribution in [0.1, 0.15) is 28.4 Å². The van der Waals surface area contributed by atoms with Crippen molar-refractivity contribution in [1.82, 2.24) is 5.43 Å². The molecule has 2 rings (SSSR count). The highest BCUT2D eigenvalue weighted by molar-refractivity contribution is 6.33. The molecule has 0 aliphatic heterocycles. The number of nitrogens with one attached hydrogen (secondary N) is 1. The molecule has 1 amide bonds. The minimum absolute atomic E-state index is 0.366. The van der Waals surface area contributed by atoms with Gasteiger partial charge >= 0.3 is 0 Å². The van der Waals surface area contributed by atoms with Gasteiger partial charge in [0.2, 0.25) is 0 Å². The van der Waals surface area contributed by atoms with Crippen LogP contribution in [-0.4, -0.2) is 25.8 Å². The standard InChI is InChI=1S/C18H19ClN2O3/c1-4-24-17-10-13(6-8-16(17)23-3)11-20-21-18(22)14-7-5-12(2)9-15(14)19/h5-11H,4H2,1-3H3,(H,21,22)/b20-11-. The highest BCUT2D eigenvalue weighted by Crippen LogP contribution is 2.27. The highest BCUT2D eigenvalue weighted by atomic mass is 35.5. The fourth-order valence-electron chi connectivity index (χ4n) is 2.07. The summed E-state index contributed by atoms with van der Waals surface area (Å²) in [5, 5.41) is 4.35. The molecular formula is C18H19ClN2O3. The topological polar surface area (TPSA) is 59.9 Å². The molecule has 126 valence electrons. The Bertz CT molecular complexity index is 760. The molecule has 6 heteroatoms. The van der Waals surface area contributed by atoms with E-state index in [1.807, 2.05) is 26.0 Å². The van der Waals surface area contributed by atoms with Gasteiger partial charge in [0.05, 0.1) is 30.5 Å². The normalized spacial score (nSPS) is 10.7. The van der Waals surface area contributed by atoms with Gasteiger partial charge in [0.1, 0.15) is 0 Å². The number of carbonyl (C=O) groups is 1. The molecule has 0 aliphatic carbocycles. The van der Waals surface area contributed by atoms with Crippen LogP contribution in [-0.2, 0) is 0 Å². The Labute approximate surface area is 146 Å². The summed E-state index contributed by atoms with van der Waals surface area (Å²) in [7, 11) is 1.58. The molecule has 1 N–H and O–H groups in total. The Kier molecular flexibility index (Phi) is 6.21. The summed E-state index contributed by atoms with van der Waals surface area (Å²) in [4.78, 5) is 12.1. The van der Waals surface area contributed by atoms with Crippen molar-refractivity contribution >= 4 is 23.7 Å². The molecule has 0 atom stereocenters. The van der Waals surface area contributed by atoms with Crippen molar-refractivity contribution in [2.45, 2.75) is 13.8 Å². The van der Waals surface area contributed by atoms with E-state index in [1.165, 1.54) is 6.21 Å². The van der Waals surface area contributed by atoms with Crippen LogP contribution in [0.15, 0.2) is 41.5 Å². The van der Waals surface area contributed by atoms with Crippen LogP contribution in [0.5, 0.6) is 11.5 Å². The second-order valence-corrected chi connectivity index (χ2v) is 5.43. The number of halogens is 1. The van der Waals surface area contributed by atoms with Crippen molar-refractivity contribution in [2.24, 2.45) is 5.10 Å². The van der Waals surface area contributed by atoms with Crippen LogP contribution in [0.2, 0.25) is 5.02 Å². The van der Waals surface area contributed by atoms with Crippen molar-refractivity contribution in [3.8, 4) is 11.5 Å². The van der Waals surface area contributed by atoms with Crippen LogP contribution >= 0.6 is 11.6 Å². The first-order chi connectivity index (χ1) is 11.5. The number of hydrogen-bond donors (Lipinski definition) is 1. The number of hydrogen-bond acceptors (Lipinski definition) is 4. The number of carbonyl (C=O) groups excluding carboxylic acids is 1. The molecule has 0 saturated heterocycles. The molecule has 5 nitrogen and oxygen atoms in total. The number of nitrogens with zero attached hydrogens (tertiary/aromatic N) is 1. The smallest absolute Gasteiger partial charge is 0.272 e.